The SMILES string of the molecule is Cc1ccc(NC(=O)Nc2c(N(CC(C)C)CC(C)C)ccc(-c3ccccc3-c3nnn[nH]3)c2F)cc1. The van der Waals surface area contributed by atoms with E-state index in [1.165, 1.54) is 0 Å². The number of halogens is 1. The molecular formula is C29H34FN7O. The molecule has 9 heteroatoms. The number of hydrogen-bond acceptors (Lipinski definition) is 5. The fraction of sp³-hybridized carbons (Fsp3) is 0.310. The van der Waals surface area contributed by atoms with Gasteiger partial charge < -0.3 is 15.5 Å². The first-order valence-electron chi connectivity index (χ1n) is 12.8. The van der Waals surface area contributed by atoms with Crippen molar-refractivity contribution in [2.24, 2.45) is 11.8 Å². The fourth-order valence-corrected chi connectivity index (χ4v) is 4.42. The number of carbonyl (C=O) groups is 1. The predicted octanol–water partition coefficient (Wildman–Crippen LogP) is 6.74. The van der Waals surface area contributed by atoms with Crippen LogP contribution in [0, 0.1) is 24.6 Å². The van der Waals surface area contributed by atoms with Gasteiger partial charge >= 0.3 is 6.03 Å². The lowest BCUT2D eigenvalue weighted by Gasteiger charge is -2.31. The lowest BCUT2D eigenvalue weighted by Crippen LogP contribution is -2.33. The molecule has 4 rings (SSSR count). The molecule has 2 amide bonds. The van der Waals surface area contributed by atoms with Crippen molar-refractivity contribution in [3.63, 3.8) is 0 Å². The molecule has 1 aromatic heterocycles. The number of urea groups is 1. The minimum Gasteiger partial charge on any atom is -0.369 e. The van der Waals surface area contributed by atoms with Gasteiger partial charge in [0.1, 0.15) is 5.69 Å². The topological polar surface area (TPSA) is 98.8 Å². The van der Waals surface area contributed by atoms with E-state index in [-0.39, 0.29) is 5.69 Å². The molecule has 0 bridgehead atoms. The first-order valence-corrected chi connectivity index (χ1v) is 12.8. The molecule has 198 valence electrons. The van der Waals surface area contributed by atoms with Gasteiger partial charge in [-0.05, 0) is 59.0 Å². The van der Waals surface area contributed by atoms with Crippen LogP contribution in [0.4, 0.5) is 26.2 Å². The van der Waals surface area contributed by atoms with Crippen molar-refractivity contribution < 1.29 is 9.18 Å². The van der Waals surface area contributed by atoms with Gasteiger partial charge in [0.2, 0.25) is 0 Å². The van der Waals surface area contributed by atoms with Crippen molar-refractivity contribution in [1.82, 2.24) is 20.6 Å². The second-order valence-electron chi connectivity index (χ2n) is 10.3. The minimum atomic E-state index is -0.529. The molecule has 0 spiro atoms. The van der Waals surface area contributed by atoms with Gasteiger partial charge in [0, 0.05) is 29.9 Å². The summed E-state index contributed by atoms with van der Waals surface area (Å²) in [6, 6.07) is 17.9. The summed E-state index contributed by atoms with van der Waals surface area (Å²) in [6.45, 7) is 11.9. The van der Waals surface area contributed by atoms with Crippen LogP contribution in [-0.4, -0.2) is 39.7 Å². The van der Waals surface area contributed by atoms with Crippen LogP contribution in [0.25, 0.3) is 22.5 Å². The molecule has 0 fully saturated rings. The monoisotopic (exact) mass is 515 g/mol. The van der Waals surface area contributed by atoms with Gasteiger partial charge in [-0.1, -0.05) is 69.7 Å². The van der Waals surface area contributed by atoms with Crippen LogP contribution >= 0.6 is 0 Å². The maximum absolute atomic E-state index is 16.5. The van der Waals surface area contributed by atoms with Crippen LogP contribution in [0.2, 0.25) is 0 Å². The zero-order valence-electron chi connectivity index (χ0n) is 22.4. The lowest BCUT2D eigenvalue weighted by atomic mass is 9.97. The summed E-state index contributed by atoms with van der Waals surface area (Å²) >= 11 is 0. The molecule has 1 heterocycles. The highest BCUT2D eigenvalue weighted by molar-refractivity contribution is 6.03. The number of tetrazole rings is 1. The van der Waals surface area contributed by atoms with Crippen molar-refractivity contribution >= 4 is 23.1 Å². The van der Waals surface area contributed by atoms with Crippen molar-refractivity contribution in [2.45, 2.75) is 34.6 Å². The molecule has 0 saturated carbocycles. The Kier molecular flexibility index (Phi) is 8.35. The van der Waals surface area contributed by atoms with Gasteiger partial charge in [-0.25, -0.2) is 14.3 Å². The van der Waals surface area contributed by atoms with Crippen molar-refractivity contribution in [1.29, 1.82) is 0 Å². The zero-order chi connectivity index (χ0) is 27.2. The van der Waals surface area contributed by atoms with Gasteiger partial charge in [-0.3, -0.25) is 0 Å². The highest BCUT2D eigenvalue weighted by atomic mass is 19.1. The summed E-state index contributed by atoms with van der Waals surface area (Å²) in [5.74, 6) is 0.576. The number of H-pyrrole nitrogens is 1. The third kappa shape index (κ3) is 6.34. The second kappa shape index (κ2) is 11.9. The van der Waals surface area contributed by atoms with Gasteiger partial charge in [0.05, 0.1) is 5.69 Å². The molecule has 0 radical (unpaired) electrons. The summed E-state index contributed by atoms with van der Waals surface area (Å²) < 4.78 is 16.5. The van der Waals surface area contributed by atoms with E-state index in [1.54, 1.807) is 6.07 Å². The Morgan fingerprint density at radius 3 is 2.16 bits per heavy atom. The first kappa shape index (κ1) is 26.8. The average Bonchev–Trinajstić information content (AvgIpc) is 3.41. The minimum absolute atomic E-state index is 0.124. The van der Waals surface area contributed by atoms with Crippen LogP contribution in [-0.2, 0) is 0 Å². The molecule has 3 aromatic carbocycles. The Labute approximate surface area is 222 Å². The summed E-state index contributed by atoms with van der Waals surface area (Å²) in [4.78, 5) is 15.2. The summed E-state index contributed by atoms with van der Waals surface area (Å²) in [5, 5.41) is 19.7. The Morgan fingerprint density at radius 1 is 0.895 bits per heavy atom. The van der Waals surface area contributed by atoms with Crippen LogP contribution in [0.5, 0.6) is 0 Å². The average molecular weight is 516 g/mol. The van der Waals surface area contributed by atoms with Crippen LogP contribution in [0.3, 0.4) is 0 Å². The molecule has 0 aliphatic rings. The first-order chi connectivity index (χ1) is 18.2. The number of benzene rings is 3. The Balaban J connectivity index is 1.80. The number of nitrogens with one attached hydrogen (secondary N) is 3. The van der Waals surface area contributed by atoms with Gasteiger partial charge in [-0.15, -0.1) is 5.10 Å². The number of nitrogens with zero attached hydrogens (tertiary/aromatic N) is 4. The predicted molar refractivity (Wildman–Crippen MR) is 151 cm³/mol. The third-order valence-corrected chi connectivity index (χ3v) is 6.00. The van der Waals surface area contributed by atoms with E-state index in [4.69, 9.17) is 0 Å². The Morgan fingerprint density at radius 2 is 1.55 bits per heavy atom. The van der Waals surface area contributed by atoms with Gasteiger partial charge in [0.25, 0.3) is 0 Å². The molecule has 0 unspecified atom stereocenters. The number of aryl methyl sites for hydroxylation is 1. The number of amides is 2. The van der Waals surface area contributed by atoms with E-state index in [9.17, 15) is 4.79 Å². The number of anilines is 3. The fourth-order valence-electron chi connectivity index (χ4n) is 4.42. The van der Waals surface area contributed by atoms with Crippen molar-refractivity contribution in [2.75, 3.05) is 28.6 Å². The molecule has 3 N–H and O–H groups in total. The van der Waals surface area contributed by atoms with E-state index in [2.05, 4.69) is 63.9 Å². The number of rotatable bonds is 9. The van der Waals surface area contributed by atoms with E-state index < -0.39 is 11.8 Å². The van der Waals surface area contributed by atoms with Gasteiger partial charge in [-0.2, -0.15) is 0 Å². The normalized spacial score (nSPS) is 11.2. The number of aromatic nitrogens is 4. The molecule has 8 nitrogen and oxygen atoms in total. The molecule has 0 aliphatic heterocycles. The lowest BCUT2D eigenvalue weighted by molar-refractivity contribution is 0.262. The number of aromatic amines is 1. The van der Waals surface area contributed by atoms with Crippen molar-refractivity contribution in [3.8, 4) is 22.5 Å². The maximum atomic E-state index is 16.5. The molecule has 4 aromatic rings. The van der Waals surface area contributed by atoms with E-state index in [0.717, 1.165) is 5.56 Å². The Bertz CT molecular complexity index is 1360. The highest BCUT2D eigenvalue weighted by Crippen LogP contribution is 2.39. The van der Waals surface area contributed by atoms with E-state index in [1.807, 2.05) is 61.5 Å². The van der Waals surface area contributed by atoms with Crippen LogP contribution in [0.1, 0.15) is 33.3 Å². The highest BCUT2D eigenvalue weighted by Gasteiger charge is 2.23. The molecule has 38 heavy (non-hydrogen) atoms. The Hall–Kier alpha value is -4.27. The summed E-state index contributed by atoms with van der Waals surface area (Å²) in [6.07, 6.45) is 0. The van der Waals surface area contributed by atoms with E-state index >= 15 is 4.39 Å². The van der Waals surface area contributed by atoms with Gasteiger partial charge in [0.15, 0.2) is 11.6 Å². The third-order valence-electron chi connectivity index (χ3n) is 6.00. The zero-order valence-corrected chi connectivity index (χ0v) is 22.4. The number of hydrogen-bond donors (Lipinski definition) is 3. The molecule has 0 atom stereocenters. The molecule has 0 aliphatic carbocycles. The van der Waals surface area contributed by atoms with Crippen molar-refractivity contribution in [3.05, 3.63) is 72.0 Å². The number of carbonyl (C=O) groups excluding carboxylic acids is 1. The largest absolute Gasteiger partial charge is 0.369 e. The maximum Gasteiger partial charge on any atom is 0.323 e. The van der Waals surface area contributed by atoms with Crippen LogP contribution < -0.4 is 15.5 Å². The summed E-state index contributed by atoms with van der Waals surface area (Å²) in [7, 11) is 0. The molecule has 0 saturated heterocycles. The second-order valence-corrected chi connectivity index (χ2v) is 10.3. The smallest absolute Gasteiger partial charge is 0.323 e. The summed E-state index contributed by atoms with van der Waals surface area (Å²) in [5.41, 5.74) is 4.05. The van der Waals surface area contributed by atoms with E-state index in [0.29, 0.717) is 58.8 Å². The van der Waals surface area contributed by atoms with Crippen LogP contribution in [0.15, 0.2) is 60.7 Å². The quantitative estimate of drug-likeness (QED) is 0.229. The standard InChI is InChI=1S/C29H34FN7O/c1-18(2)16-37(17-19(3)4)25-15-14-23(22-8-6-7-9-24(22)28-33-35-36-34-28)26(30)27(25)32-29(38)31-21-12-10-20(5)11-13-21/h6-15,18-19H,16-17H2,1-5H3,(H2,31,32,38)(H,33,34,35,36). The molecular weight excluding hydrogens is 481 g/mol.